The van der Waals surface area contributed by atoms with Gasteiger partial charge in [0.15, 0.2) is 5.40 Å². The van der Waals surface area contributed by atoms with Gasteiger partial charge in [-0.2, -0.15) is 0 Å². The van der Waals surface area contributed by atoms with Gasteiger partial charge in [-0.05, 0) is 16.7 Å². The lowest BCUT2D eigenvalue weighted by Crippen LogP contribution is -2.10. The van der Waals surface area contributed by atoms with E-state index in [1.807, 2.05) is 0 Å². The van der Waals surface area contributed by atoms with E-state index in [0.29, 0.717) is 11.1 Å². The lowest BCUT2D eigenvalue weighted by Gasteiger charge is -2.28. The van der Waals surface area contributed by atoms with E-state index < -0.39 is 26.7 Å². The molecule has 28 heavy (non-hydrogen) atoms. The Morgan fingerprint density at radius 2 is 0.964 bits per heavy atom. The Kier molecular flexibility index (Phi) is 6.31. The van der Waals surface area contributed by atoms with Gasteiger partial charge in [0.1, 0.15) is 6.10 Å². The molecule has 3 aromatic carbocycles. The van der Waals surface area contributed by atoms with Crippen molar-refractivity contribution >= 4 is 15.2 Å². The second-order valence-corrected chi connectivity index (χ2v) is 10.2. The van der Waals surface area contributed by atoms with E-state index in [1.165, 1.54) is 12.1 Å². The van der Waals surface area contributed by atoms with Gasteiger partial charge >= 0.3 is 15.2 Å². The van der Waals surface area contributed by atoms with Gasteiger partial charge in [0.25, 0.3) is 0 Å². The van der Waals surface area contributed by atoms with Crippen LogP contribution in [-0.4, -0.2) is 14.7 Å². The normalized spacial score (nSPS) is 15.1. The summed E-state index contributed by atoms with van der Waals surface area (Å²) in [4.78, 5) is 30.3. The highest BCUT2D eigenvalue weighted by Crippen LogP contribution is 2.73. The molecule has 0 aliphatic rings. The molecule has 2 unspecified atom stereocenters. The van der Waals surface area contributed by atoms with Crippen LogP contribution >= 0.6 is 15.2 Å². The molecule has 0 aromatic heterocycles. The van der Waals surface area contributed by atoms with Gasteiger partial charge in [0.05, 0.1) is 0 Å². The minimum atomic E-state index is -5.00. The Balaban J connectivity index is 2.05. The summed E-state index contributed by atoms with van der Waals surface area (Å²) in [5.74, 6) is 0. The van der Waals surface area contributed by atoms with E-state index in [0.717, 1.165) is 0 Å². The van der Waals surface area contributed by atoms with Gasteiger partial charge in [0, 0.05) is 0 Å². The molecular formula is C20H20O6P2. The summed E-state index contributed by atoms with van der Waals surface area (Å²) < 4.78 is 30.8. The van der Waals surface area contributed by atoms with E-state index in [1.54, 1.807) is 78.9 Å². The van der Waals surface area contributed by atoms with Crippen LogP contribution in [0.25, 0.3) is 0 Å². The molecule has 3 aromatic rings. The molecule has 0 fully saturated rings. The molecule has 0 saturated carbocycles. The Morgan fingerprint density at radius 3 is 1.32 bits per heavy atom. The van der Waals surface area contributed by atoms with E-state index in [2.05, 4.69) is 0 Å². The van der Waals surface area contributed by atoms with E-state index in [-0.39, 0.29) is 5.56 Å². The van der Waals surface area contributed by atoms with Crippen molar-refractivity contribution in [1.29, 1.82) is 0 Å². The molecule has 146 valence electrons. The van der Waals surface area contributed by atoms with Gasteiger partial charge in [-0.3, -0.25) is 13.7 Å². The molecule has 3 N–H and O–H groups in total. The summed E-state index contributed by atoms with van der Waals surface area (Å²) in [5, 5.41) is -1.98. The van der Waals surface area contributed by atoms with Crippen molar-refractivity contribution in [2.75, 3.05) is 0 Å². The topological polar surface area (TPSA) is 104 Å². The van der Waals surface area contributed by atoms with E-state index in [9.17, 15) is 23.8 Å². The van der Waals surface area contributed by atoms with Crippen molar-refractivity contribution in [1.82, 2.24) is 0 Å². The Hall–Kier alpha value is -2.04. The fourth-order valence-corrected chi connectivity index (χ4v) is 6.43. The van der Waals surface area contributed by atoms with Crippen molar-refractivity contribution in [3.8, 4) is 0 Å². The van der Waals surface area contributed by atoms with Crippen LogP contribution in [0.4, 0.5) is 0 Å². The molecule has 0 spiro atoms. The van der Waals surface area contributed by atoms with Crippen LogP contribution in [0.2, 0.25) is 0 Å². The third-order valence-electron chi connectivity index (χ3n) is 4.19. The Labute approximate surface area is 163 Å². The van der Waals surface area contributed by atoms with Crippen molar-refractivity contribution in [2.45, 2.75) is 11.5 Å². The van der Waals surface area contributed by atoms with Gasteiger partial charge in [-0.15, -0.1) is 0 Å². The molecule has 0 radical (unpaired) electrons. The predicted molar refractivity (Wildman–Crippen MR) is 107 cm³/mol. The monoisotopic (exact) mass is 418 g/mol. The summed E-state index contributed by atoms with van der Waals surface area (Å²) >= 11 is 0. The molecule has 0 bridgehead atoms. The second-order valence-electron chi connectivity index (χ2n) is 6.24. The maximum Gasteiger partial charge on any atom is 0.348 e. The summed E-state index contributed by atoms with van der Waals surface area (Å²) in [6, 6.07) is 25.1. The van der Waals surface area contributed by atoms with Crippen molar-refractivity contribution < 1.29 is 28.3 Å². The first-order chi connectivity index (χ1) is 13.3. The first kappa shape index (κ1) is 20.7. The smallest absolute Gasteiger partial charge is 0.324 e. The number of rotatable bonds is 7. The molecule has 0 aliphatic heterocycles. The zero-order valence-electron chi connectivity index (χ0n) is 14.8. The molecule has 0 saturated heterocycles. The van der Waals surface area contributed by atoms with Gasteiger partial charge in [-0.25, -0.2) is 0 Å². The average Bonchev–Trinajstić information content (AvgIpc) is 2.67. The van der Waals surface area contributed by atoms with E-state index >= 15 is 0 Å². The van der Waals surface area contributed by atoms with Crippen LogP contribution in [0.15, 0.2) is 91.0 Å². The average molecular weight is 418 g/mol. The molecule has 8 heteroatoms. The van der Waals surface area contributed by atoms with Gasteiger partial charge in [-0.1, -0.05) is 91.0 Å². The zero-order valence-corrected chi connectivity index (χ0v) is 16.6. The Morgan fingerprint density at radius 1 is 0.607 bits per heavy atom. The van der Waals surface area contributed by atoms with E-state index in [4.69, 9.17) is 4.52 Å². The molecule has 0 aliphatic carbocycles. The lowest BCUT2D eigenvalue weighted by atomic mass is 10.0. The highest BCUT2D eigenvalue weighted by Gasteiger charge is 2.48. The summed E-state index contributed by atoms with van der Waals surface area (Å²) in [7, 11) is -9.79. The summed E-state index contributed by atoms with van der Waals surface area (Å²) in [5.41, 5.74) is 1.24. The molecular weight excluding hydrogens is 398 g/mol. The second kappa shape index (κ2) is 8.54. The van der Waals surface area contributed by atoms with Crippen molar-refractivity contribution in [2.24, 2.45) is 0 Å². The highest BCUT2D eigenvalue weighted by atomic mass is 31.2. The molecule has 3 rings (SSSR count). The first-order valence-electron chi connectivity index (χ1n) is 8.50. The van der Waals surface area contributed by atoms with Gasteiger partial charge < -0.3 is 14.7 Å². The minimum absolute atomic E-state index is 0.0431. The number of hydrogen-bond acceptors (Lipinski definition) is 3. The van der Waals surface area contributed by atoms with Gasteiger partial charge in [0.2, 0.25) is 0 Å². The number of hydrogen-bond donors (Lipinski definition) is 3. The fourth-order valence-electron chi connectivity index (χ4n) is 2.98. The van der Waals surface area contributed by atoms with Crippen LogP contribution in [-0.2, 0) is 13.7 Å². The van der Waals surface area contributed by atoms with Crippen LogP contribution in [0.1, 0.15) is 28.2 Å². The SMILES string of the molecule is O=P(O)(O)C(c1ccccc1)P(=O)(O)OC(c1ccccc1)c1ccccc1. The lowest BCUT2D eigenvalue weighted by molar-refractivity contribution is 0.203. The number of benzene rings is 3. The van der Waals surface area contributed by atoms with Crippen LogP contribution in [0.3, 0.4) is 0 Å². The maximum atomic E-state index is 13.2. The third kappa shape index (κ3) is 4.86. The van der Waals surface area contributed by atoms with Crippen molar-refractivity contribution in [3.63, 3.8) is 0 Å². The maximum absolute atomic E-state index is 13.2. The zero-order chi connectivity index (χ0) is 20.2. The molecule has 0 heterocycles. The fraction of sp³-hybridized carbons (Fsp3) is 0.100. The quantitative estimate of drug-likeness (QED) is 0.474. The van der Waals surface area contributed by atoms with Crippen LogP contribution < -0.4 is 0 Å². The standard InChI is InChI=1S/C20H20O6P2/c21-27(22,23)20(18-14-8-3-9-15-18)28(24,25)26-19(16-10-4-1-5-11-16)17-12-6-2-7-13-17/h1-15,19-20H,(H,24,25)(H2,21,22,23). The van der Waals surface area contributed by atoms with Crippen molar-refractivity contribution in [3.05, 3.63) is 108 Å². The molecule has 2 atom stereocenters. The minimum Gasteiger partial charge on any atom is -0.324 e. The molecule has 0 amide bonds. The molecule has 6 nitrogen and oxygen atoms in total. The summed E-state index contributed by atoms with van der Waals surface area (Å²) in [6.07, 6.45) is -0.962. The van der Waals surface area contributed by atoms with Crippen LogP contribution in [0, 0.1) is 0 Å². The third-order valence-corrected chi connectivity index (χ3v) is 8.33. The summed E-state index contributed by atoms with van der Waals surface area (Å²) in [6.45, 7) is 0. The Bertz CT molecular complexity index is 949. The first-order valence-corrected chi connectivity index (χ1v) is 11.8. The highest BCUT2D eigenvalue weighted by molar-refractivity contribution is 7.70. The largest absolute Gasteiger partial charge is 0.348 e. The predicted octanol–water partition coefficient (Wildman–Crippen LogP) is 4.85. The van der Waals surface area contributed by atoms with Crippen LogP contribution in [0.5, 0.6) is 0 Å².